The van der Waals surface area contributed by atoms with Crippen LogP contribution in [0.5, 0.6) is 0 Å². The first-order chi connectivity index (χ1) is 9.15. The molecular weight excluding hydrogens is 252 g/mol. The monoisotopic (exact) mass is 270 g/mol. The van der Waals surface area contributed by atoms with Crippen molar-refractivity contribution in [2.45, 2.75) is 37.3 Å². The Balaban J connectivity index is 1.84. The summed E-state index contributed by atoms with van der Waals surface area (Å²) in [5.41, 5.74) is 0. The van der Waals surface area contributed by atoms with E-state index in [0.29, 0.717) is 0 Å². The maximum absolute atomic E-state index is 12.5. The fourth-order valence-corrected chi connectivity index (χ4v) is 2.79. The number of hydrogen-bond acceptors (Lipinski definition) is 5. The molecule has 3 rings (SSSR count). The number of methoxy groups -OCH3 is 1. The third-order valence-corrected chi connectivity index (χ3v) is 3.95. The van der Waals surface area contributed by atoms with Crippen molar-refractivity contribution in [2.24, 2.45) is 0 Å². The van der Waals surface area contributed by atoms with E-state index in [9.17, 15) is 14.7 Å². The van der Waals surface area contributed by atoms with Gasteiger partial charge in [0, 0.05) is 13.2 Å². The van der Waals surface area contributed by atoms with Crippen molar-refractivity contribution in [3.05, 3.63) is 0 Å². The average molecular weight is 270 g/mol. The molecule has 0 bridgehead atoms. The molecule has 0 aromatic rings. The molecule has 106 valence electrons. The summed E-state index contributed by atoms with van der Waals surface area (Å²) < 4.78 is 10.6. The third kappa shape index (κ3) is 2.11. The van der Waals surface area contributed by atoms with Crippen LogP contribution >= 0.6 is 0 Å². The number of carbonyl (C=O) groups excluding carboxylic acids is 2. The summed E-state index contributed by atoms with van der Waals surface area (Å²) in [6, 6.07) is -0.517. The van der Waals surface area contributed by atoms with Crippen LogP contribution in [0.15, 0.2) is 0 Å². The Bertz CT molecular complexity index is 398. The molecule has 1 N–H and O–H groups in total. The molecular formula is C12H18N2O5. The predicted octanol–water partition coefficient (Wildman–Crippen LogP) is -1.45. The molecule has 2 heterocycles. The number of carbonyl (C=O) groups is 2. The van der Waals surface area contributed by atoms with Gasteiger partial charge in [-0.15, -0.1) is 0 Å². The molecule has 0 spiro atoms. The molecule has 3 fully saturated rings. The number of rotatable bonds is 3. The minimum absolute atomic E-state index is 0.0969. The number of nitrogens with zero attached hydrogens (tertiary/aromatic N) is 2. The van der Waals surface area contributed by atoms with Crippen LogP contribution in [0.3, 0.4) is 0 Å². The highest BCUT2D eigenvalue weighted by Crippen LogP contribution is 2.32. The number of aliphatic hydroxyl groups excluding tert-OH is 1. The molecule has 3 atom stereocenters. The number of hydrogen-bond donors (Lipinski definition) is 1. The average Bonchev–Trinajstić information content (AvgIpc) is 3.25. The highest BCUT2D eigenvalue weighted by molar-refractivity contribution is 5.95. The van der Waals surface area contributed by atoms with E-state index in [4.69, 9.17) is 9.47 Å². The molecule has 1 unspecified atom stereocenters. The molecule has 0 aromatic carbocycles. The maximum atomic E-state index is 12.5. The first-order valence-electron chi connectivity index (χ1n) is 6.54. The van der Waals surface area contributed by atoms with Crippen molar-refractivity contribution in [3.8, 4) is 0 Å². The smallest absolute Gasteiger partial charge is 0.248 e. The molecule has 1 saturated carbocycles. The number of amides is 2. The summed E-state index contributed by atoms with van der Waals surface area (Å²) in [7, 11) is 1.48. The molecule has 2 saturated heterocycles. The van der Waals surface area contributed by atoms with E-state index in [-0.39, 0.29) is 37.6 Å². The summed E-state index contributed by atoms with van der Waals surface area (Å²) >= 11 is 0. The van der Waals surface area contributed by atoms with Gasteiger partial charge in [0.25, 0.3) is 0 Å². The summed E-state index contributed by atoms with van der Waals surface area (Å²) in [5, 5.41) is 9.40. The van der Waals surface area contributed by atoms with Crippen molar-refractivity contribution in [1.29, 1.82) is 0 Å². The van der Waals surface area contributed by atoms with Gasteiger partial charge < -0.3 is 24.4 Å². The summed E-state index contributed by atoms with van der Waals surface area (Å²) in [6.07, 6.45) is 0.614. The maximum Gasteiger partial charge on any atom is 0.248 e. The fraction of sp³-hybridized carbons (Fsp3) is 0.833. The largest absolute Gasteiger partial charge is 0.394 e. The zero-order valence-corrected chi connectivity index (χ0v) is 10.8. The molecule has 0 aromatic heterocycles. The zero-order chi connectivity index (χ0) is 13.6. The van der Waals surface area contributed by atoms with Gasteiger partial charge in [0.1, 0.15) is 18.7 Å². The van der Waals surface area contributed by atoms with Gasteiger partial charge >= 0.3 is 0 Å². The van der Waals surface area contributed by atoms with E-state index in [2.05, 4.69) is 0 Å². The molecule has 19 heavy (non-hydrogen) atoms. The quantitative estimate of drug-likeness (QED) is 0.679. The first kappa shape index (κ1) is 12.8. The minimum atomic E-state index is -0.711. The van der Waals surface area contributed by atoms with Crippen molar-refractivity contribution in [1.82, 2.24) is 9.80 Å². The lowest BCUT2D eigenvalue weighted by Crippen LogP contribution is -2.69. The Hall–Kier alpha value is -1.18. The van der Waals surface area contributed by atoms with E-state index in [1.54, 1.807) is 4.90 Å². The number of aliphatic hydroxyl groups is 1. The summed E-state index contributed by atoms with van der Waals surface area (Å²) in [5.74, 6) is -0.212. The van der Waals surface area contributed by atoms with Gasteiger partial charge in [-0.1, -0.05) is 0 Å². The van der Waals surface area contributed by atoms with E-state index < -0.39 is 18.4 Å². The fourth-order valence-electron chi connectivity index (χ4n) is 2.79. The van der Waals surface area contributed by atoms with Gasteiger partial charge in [0.2, 0.25) is 11.8 Å². The second kappa shape index (κ2) is 4.73. The molecule has 0 radical (unpaired) electrons. The number of piperazine rings is 1. The van der Waals surface area contributed by atoms with Crippen LogP contribution in [0.25, 0.3) is 0 Å². The highest BCUT2D eigenvalue weighted by atomic mass is 16.7. The molecule has 3 aliphatic rings. The van der Waals surface area contributed by atoms with Gasteiger partial charge in [-0.2, -0.15) is 0 Å². The van der Waals surface area contributed by atoms with Gasteiger partial charge in [-0.3, -0.25) is 9.59 Å². The van der Waals surface area contributed by atoms with Gasteiger partial charge in [-0.25, -0.2) is 0 Å². The Morgan fingerprint density at radius 2 is 2.11 bits per heavy atom. The van der Waals surface area contributed by atoms with E-state index in [1.807, 2.05) is 0 Å². The SMILES string of the molecule is COC1CN2C(=O)CN(C3CC3)C(=O)[C@@H]2[C@H](CO)O1. The summed E-state index contributed by atoms with van der Waals surface area (Å²) in [6.45, 7) is 0.0634. The Kier molecular flexibility index (Phi) is 3.20. The van der Waals surface area contributed by atoms with E-state index >= 15 is 0 Å². The lowest BCUT2D eigenvalue weighted by Gasteiger charge is -2.47. The van der Waals surface area contributed by atoms with Crippen LogP contribution in [-0.4, -0.2) is 78.0 Å². The Morgan fingerprint density at radius 3 is 2.68 bits per heavy atom. The van der Waals surface area contributed by atoms with Crippen LogP contribution < -0.4 is 0 Å². The van der Waals surface area contributed by atoms with Crippen molar-refractivity contribution in [2.75, 3.05) is 26.8 Å². The second-order valence-electron chi connectivity index (χ2n) is 5.21. The van der Waals surface area contributed by atoms with Crippen molar-refractivity contribution in [3.63, 3.8) is 0 Å². The number of fused-ring (bicyclic) bond motifs is 1. The van der Waals surface area contributed by atoms with Crippen LogP contribution in [0.1, 0.15) is 12.8 Å². The second-order valence-corrected chi connectivity index (χ2v) is 5.21. The van der Waals surface area contributed by atoms with Crippen molar-refractivity contribution < 1.29 is 24.2 Å². The van der Waals surface area contributed by atoms with Crippen LogP contribution in [0.2, 0.25) is 0 Å². The number of ether oxygens (including phenoxy) is 2. The van der Waals surface area contributed by atoms with E-state index in [1.165, 1.54) is 12.0 Å². The molecule has 2 aliphatic heterocycles. The molecule has 2 amide bonds. The number of morpholine rings is 1. The molecule has 7 heteroatoms. The summed E-state index contributed by atoms with van der Waals surface area (Å²) in [4.78, 5) is 27.7. The lowest BCUT2D eigenvalue weighted by atomic mass is 10.0. The third-order valence-electron chi connectivity index (χ3n) is 3.95. The lowest BCUT2D eigenvalue weighted by molar-refractivity contribution is -0.231. The van der Waals surface area contributed by atoms with E-state index in [0.717, 1.165) is 12.8 Å². The van der Waals surface area contributed by atoms with Crippen LogP contribution in [0.4, 0.5) is 0 Å². The minimum Gasteiger partial charge on any atom is -0.394 e. The normalized spacial score (nSPS) is 35.6. The Labute approximate surface area is 111 Å². The van der Waals surface area contributed by atoms with Crippen LogP contribution in [0, 0.1) is 0 Å². The Morgan fingerprint density at radius 1 is 1.37 bits per heavy atom. The van der Waals surface area contributed by atoms with Gasteiger partial charge in [-0.05, 0) is 12.8 Å². The first-order valence-corrected chi connectivity index (χ1v) is 6.54. The van der Waals surface area contributed by atoms with Crippen LogP contribution in [-0.2, 0) is 19.1 Å². The van der Waals surface area contributed by atoms with Gasteiger partial charge in [0.05, 0.1) is 13.2 Å². The molecule has 7 nitrogen and oxygen atoms in total. The topological polar surface area (TPSA) is 79.3 Å². The zero-order valence-electron chi connectivity index (χ0n) is 10.8. The molecule has 1 aliphatic carbocycles. The standard InChI is InChI=1S/C12H18N2O5/c1-18-10-5-14-9(16)4-13(7-2-3-7)12(17)11(14)8(6-15)19-10/h7-8,10-11,15H,2-6H2,1H3/t8-,10?,11-/m0/s1. The predicted molar refractivity (Wildman–Crippen MR) is 63.0 cm³/mol. The van der Waals surface area contributed by atoms with Crippen molar-refractivity contribution >= 4 is 11.8 Å². The highest BCUT2D eigenvalue weighted by Gasteiger charge is 2.51. The van der Waals surface area contributed by atoms with Gasteiger partial charge in [0.15, 0.2) is 6.29 Å².